The minimum absolute atomic E-state index is 0.0845. The molecule has 2 aromatic rings. The van der Waals surface area contributed by atoms with Crippen LogP contribution in [0.25, 0.3) is 11.4 Å². The number of anilines is 1. The van der Waals surface area contributed by atoms with Gasteiger partial charge in [-0.3, -0.25) is 9.78 Å². The zero-order valence-electron chi connectivity index (χ0n) is 11.7. The van der Waals surface area contributed by atoms with Gasteiger partial charge in [0, 0.05) is 30.4 Å². The summed E-state index contributed by atoms with van der Waals surface area (Å²) in [6, 6.07) is 3.33. The number of hydrogen-bond acceptors (Lipinski definition) is 4. The zero-order chi connectivity index (χ0) is 15.9. The lowest BCUT2D eigenvalue weighted by molar-refractivity contribution is -0.0137. The average molecular weight is 327 g/mol. The van der Waals surface area contributed by atoms with Crippen molar-refractivity contribution in [3.8, 4) is 11.4 Å². The van der Waals surface area contributed by atoms with Gasteiger partial charge in [-0.15, -0.1) is 0 Å². The number of H-pyrrole nitrogens is 1. The van der Waals surface area contributed by atoms with Gasteiger partial charge in [-0.05, 0) is 12.1 Å². The maximum atomic E-state index is 13.7. The first-order valence-electron chi connectivity index (χ1n) is 6.71. The van der Waals surface area contributed by atoms with Gasteiger partial charge in [0.2, 0.25) is 0 Å². The van der Waals surface area contributed by atoms with E-state index in [1.165, 1.54) is 11.8 Å². The summed E-state index contributed by atoms with van der Waals surface area (Å²) in [5.74, 6) is -3.30. The summed E-state index contributed by atoms with van der Waals surface area (Å²) in [6.07, 6.45) is 3.10. The lowest BCUT2D eigenvalue weighted by Crippen LogP contribution is -2.28. The Bertz CT molecular complexity index is 750. The molecule has 0 aromatic carbocycles. The fourth-order valence-corrected chi connectivity index (χ4v) is 2.61. The van der Waals surface area contributed by atoms with E-state index < -0.39 is 23.9 Å². The molecule has 1 atom stereocenters. The summed E-state index contributed by atoms with van der Waals surface area (Å²) in [7, 11) is 0. The highest BCUT2D eigenvalue weighted by molar-refractivity contribution is 6.32. The third-order valence-corrected chi connectivity index (χ3v) is 4.06. The molecule has 1 N–H and O–H groups in total. The molecule has 0 saturated carbocycles. The van der Waals surface area contributed by atoms with E-state index >= 15 is 0 Å². The third-order valence-electron chi connectivity index (χ3n) is 3.72. The van der Waals surface area contributed by atoms with Crippen LogP contribution in [0.5, 0.6) is 0 Å². The number of alkyl halides is 2. The van der Waals surface area contributed by atoms with Gasteiger partial charge in [0.05, 0.1) is 6.54 Å². The van der Waals surface area contributed by atoms with Crippen molar-refractivity contribution in [2.45, 2.75) is 12.8 Å². The molecule has 8 heteroatoms. The second-order valence-electron chi connectivity index (χ2n) is 5.33. The first-order valence-corrected chi connectivity index (χ1v) is 7.09. The van der Waals surface area contributed by atoms with E-state index in [2.05, 4.69) is 15.0 Å². The molecule has 1 aliphatic heterocycles. The van der Waals surface area contributed by atoms with Gasteiger partial charge in [-0.2, -0.15) is 0 Å². The van der Waals surface area contributed by atoms with Crippen molar-refractivity contribution in [3.63, 3.8) is 0 Å². The summed E-state index contributed by atoms with van der Waals surface area (Å²) in [4.78, 5) is 24.0. The first-order chi connectivity index (χ1) is 10.4. The minimum atomic E-state index is -2.83. The van der Waals surface area contributed by atoms with Crippen LogP contribution >= 0.6 is 11.6 Å². The number of aromatic amines is 1. The Labute approximate surface area is 130 Å². The zero-order valence-corrected chi connectivity index (χ0v) is 12.4. The highest BCUT2D eigenvalue weighted by Crippen LogP contribution is 2.36. The highest BCUT2D eigenvalue weighted by atomic mass is 35.5. The molecule has 116 valence electrons. The van der Waals surface area contributed by atoms with E-state index in [9.17, 15) is 13.6 Å². The van der Waals surface area contributed by atoms with Gasteiger partial charge in [0.25, 0.3) is 11.5 Å². The number of pyridine rings is 1. The smallest absolute Gasteiger partial charge is 0.272 e. The number of hydrogen-bond donors (Lipinski definition) is 1. The molecule has 1 aliphatic rings. The lowest BCUT2D eigenvalue weighted by atomic mass is 10.1. The van der Waals surface area contributed by atoms with E-state index in [1.807, 2.05) is 0 Å². The van der Waals surface area contributed by atoms with Crippen LogP contribution in [0.1, 0.15) is 6.92 Å². The van der Waals surface area contributed by atoms with Crippen molar-refractivity contribution < 1.29 is 8.78 Å². The lowest BCUT2D eigenvalue weighted by Gasteiger charge is -2.18. The molecule has 0 radical (unpaired) electrons. The van der Waals surface area contributed by atoms with Crippen molar-refractivity contribution in [2.75, 3.05) is 18.0 Å². The molecule has 0 amide bonds. The van der Waals surface area contributed by atoms with Crippen molar-refractivity contribution in [1.29, 1.82) is 0 Å². The maximum absolute atomic E-state index is 13.7. The predicted molar refractivity (Wildman–Crippen MR) is 79.4 cm³/mol. The quantitative estimate of drug-likeness (QED) is 0.921. The largest absolute Gasteiger partial charge is 0.349 e. The molecule has 3 heterocycles. The molecule has 22 heavy (non-hydrogen) atoms. The SMILES string of the molecule is CC1CN(c2nc(-c3ccncc3)[nH]c(=O)c2Cl)CC1(F)F. The molecular formula is C14H13ClF2N4O. The van der Waals surface area contributed by atoms with E-state index in [0.29, 0.717) is 5.56 Å². The van der Waals surface area contributed by atoms with Crippen LogP contribution in [0.3, 0.4) is 0 Å². The van der Waals surface area contributed by atoms with Crippen LogP contribution in [-0.2, 0) is 0 Å². The Morgan fingerprint density at radius 2 is 2.09 bits per heavy atom. The molecule has 1 saturated heterocycles. The van der Waals surface area contributed by atoms with Crippen LogP contribution in [-0.4, -0.2) is 34.0 Å². The van der Waals surface area contributed by atoms with Crippen LogP contribution in [0.15, 0.2) is 29.3 Å². The second-order valence-corrected chi connectivity index (χ2v) is 5.71. The van der Waals surface area contributed by atoms with Gasteiger partial charge in [-0.25, -0.2) is 13.8 Å². The molecule has 2 aromatic heterocycles. The predicted octanol–water partition coefficient (Wildman–Crippen LogP) is 2.58. The fraction of sp³-hybridized carbons (Fsp3) is 0.357. The van der Waals surface area contributed by atoms with Crippen LogP contribution in [0.4, 0.5) is 14.6 Å². The Kier molecular flexibility index (Phi) is 3.60. The van der Waals surface area contributed by atoms with Crippen molar-refractivity contribution in [2.24, 2.45) is 5.92 Å². The average Bonchev–Trinajstić information content (AvgIpc) is 2.76. The maximum Gasteiger partial charge on any atom is 0.272 e. The summed E-state index contributed by atoms with van der Waals surface area (Å²) in [6.45, 7) is 1.06. The number of halogens is 3. The molecule has 5 nitrogen and oxygen atoms in total. The fourth-order valence-electron chi connectivity index (χ4n) is 2.40. The Balaban J connectivity index is 2.06. The van der Waals surface area contributed by atoms with Gasteiger partial charge < -0.3 is 9.88 Å². The Morgan fingerprint density at radius 3 is 2.68 bits per heavy atom. The summed E-state index contributed by atoms with van der Waals surface area (Å²) < 4.78 is 27.4. The normalized spacial score (nSPS) is 20.4. The number of nitrogens with one attached hydrogen (secondary N) is 1. The van der Waals surface area contributed by atoms with Crippen molar-refractivity contribution in [1.82, 2.24) is 15.0 Å². The molecule has 0 aliphatic carbocycles. The van der Waals surface area contributed by atoms with Gasteiger partial charge >= 0.3 is 0 Å². The topological polar surface area (TPSA) is 61.9 Å². The molecule has 1 fully saturated rings. The van der Waals surface area contributed by atoms with E-state index in [-0.39, 0.29) is 23.2 Å². The standard InChI is InChI=1S/C14H13ClF2N4O/c1-8-6-21(7-14(8,16)17)12-10(15)13(22)20-11(19-12)9-2-4-18-5-3-9/h2-5,8H,6-7H2,1H3,(H,19,20,22). The van der Waals surface area contributed by atoms with Crippen LogP contribution < -0.4 is 10.5 Å². The van der Waals surface area contributed by atoms with Gasteiger partial charge in [0.1, 0.15) is 10.8 Å². The molecular weight excluding hydrogens is 314 g/mol. The van der Waals surface area contributed by atoms with Gasteiger partial charge in [0.15, 0.2) is 5.82 Å². The minimum Gasteiger partial charge on any atom is -0.349 e. The van der Waals surface area contributed by atoms with E-state index in [1.54, 1.807) is 24.5 Å². The number of rotatable bonds is 2. The summed E-state index contributed by atoms with van der Waals surface area (Å²) in [5, 5.41) is -0.178. The third kappa shape index (κ3) is 2.56. The molecule has 0 bridgehead atoms. The highest BCUT2D eigenvalue weighted by Gasteiger charge is 2.46. The second kappa shape index (κ2) is 5.31. The number of nitrogens with zero attached hydrogens (tertiary/aromatic N) is 3. The monoisotopic (exact) mass is 326 g/mol. The summed E-state index contributed by atoms with van der Waals surface area (Å²) in [5.41, 5.74) is 0.0744. The van der Waals surface area contributed by atoms with Crippen LogP contribution in [0, 0.1) is 5.92 Å². The summed E-state index contributed by atoms with van der Waals surface area (Å²) >= 11 is 5.97. The van der Waals surface area contributed by atoms with E-state index in [4.69, 9.17) is 11.6 Å². The van der Waals surface area contributed by atoms with Crippen LogP contribution in [0.2, 0.25) is 5.02 Å². The molecule has 1 unspecified atom stereocenters. The van der Waals surface area contributed by atoms with Crippen molar-refractivity contribution in [3.05, 3.63) is 39.9 Å². The number of aromatic nitrogens is 3. The molecule has 3 rings (SSSR count). The molecule has 0 spiro atoms. The first kappa shape index (κ1) is 14.9. The van der Waals surface area contributed by atoms with E-state index in [0.717, 1.165) is 0 Å². The van der Waals surface area contributed by atoms with Gasteiger partial charge in [-0.1, -0.05) is 18.5 Å². The Hall–Kier alpha value is -2.02. The van der Waals surface area contributed by atoms with Crippen molar-refractivity contribution >= 4 is 17.4 Å². The Morgan fingerprint density at radius 1 is 1.41 bits per heavy atom.